The van der Waals surface area contributed by atoms with Gasteiger partial charge in [-0.1, -0.05) is 6.58 Å². The second kappa shape index (κ2) is 3.01. The minimum atomic E-state index is 0.731. The second-order valence-corrected chi connectivity index (χ2v) is 1.98. The van der Waals surface area contributed by atoms with Gasteiger partial charge in [0.15, 0.2) is 0 Å². The summed E-state index contributed by atoms with van der Waals surface area (Å²) in [7, 11) is 0. The Hall–Kier alpha value is -1.31. The number of nitrogens with zero attached hydrogens (tertiary/aromatic N) is 1. The number of pyridine rings is 1. The molecule has 0 atom stereocenters. The lowest BCUT2D eigenvalue weighted by Crippen LogP contribution is -1.82. The van der Waals surface area contributed by atoms with E-state index in [9.17, 15) is 0 Å². The lowest BCUT2D eigenvalue weighted by Gasteiger charge is -1.97. The Kier molecular flexibility index (Phi) is 2.05. The molecule has 10 heavy (non-hydrogen) atoms. The van der Waals surface area contributed by atoms with Gasteiger partial charge in [0.1, 0.15) is 5.75 Å². The van der Waals surface area contributed by atoms with Crippen molar-refractivity contribution < 1.29 is 4.74 Å². The normalized spacial score (nSPS) is 8.90. The number of aromatic nitrogens is 1. The van der Waals surface area contributed by atoms with Crippen LogP contribution in [0.15, 0.2) is 31.3 Å². The molecule has 0 N–H and O–H groups in total. The fourth-order valence-electron chi connectivity index (χ4n) is 0.688. The Balaban J connectivity index is 2.84. The zero-order valence-electron chi connectivity index (χ0n) is 5.87. The van der Waals surface area contributed by atoms with Crippen LogP contribution in [0.25, 0.3) is 0 Å². The minimum Gasteiger partial charge on any atom is -0.464 e. The Morgan fingerprint density at radius 3 is 3.00 bits per heavy atom. The molecule has 0 aliphatic carbocycles. The third-order valence-electron chi connectivity index (χ3n) is 1.07. The molecule has 0 aliphatic rings. The summed E-state index contributed by atoms with van der Waals surface area (Å²) in [5.41, 5.74) is 1.08. The summed E-state index contributed by atoms with van der Waals surface area (Å²) in [5, 5.41) is 0. The highest BCUT2D eigenvalue weighted by Crippen LogP contribution is 2.09. The van der Waals surface area contributed by atoms with Crippen LogP contribution in [0.1, 0.15) is 5.56 Å². The van der Waals surface area contributed by atoms with Crippen molar-refractivity contribution in [3.63, 3.8) is 0 Å². The summed E-state index contributed by atoms with van der Waals surface area (Å²) >= 11 is 0. The van der Waals surface area contributed by atoms with Gasteiger partial charge in [0.2, 0.25) is 0 Å². The summed E-state index contributed by atoms with van der Waals surface area (Å²) in [6.45, 7) is 5.40. The SMILES string of the molecule is C=COc1cncc(C)c1. The highest BCUT2D eigenvalue weighted by molar-refractivity contribution is 5.22. The summed E-state index contributed by atoms with van der Waals surface area (Å²) in [6.07, 6.45) is 4.81. The van der Waals surface area contributed by atoms with Crippen LogP contribution >= 0.6 is 0 Å². The summed E-state index contributed by atoms with van der Waals surface area (Å²) in [4.78, 5) is 3.93. The molecule has 1 aromatic heterocycles. The van der Waals surface area contributed by atoms with Crippen molar-refractivity contribution in [3.8, 4) is 5.75 Å². The maximum absolute atomic E-state index is 4.99. The van der Waals surface area contributed by atoms with E-state index in [0.29, 0.717) is 0 Å². The van der Waals surface area contributed by atoms with Gasteiger partial charge >= 0.3 is 0 Å². The first kappa shape index (κ1) is 6.81. The maximum atomic E-state index is 4.99. The average Bonchev–Trinajstić information content (AvgIpc) is 1.88. The van der Waals surface area contributed by atoms with Crippen molar-refractivity contribution >= 4 is 0 Å². The van der Waals surface area contributed by atoms with E-state index in [4.69, 9.17) is 4.74 Å². The van der Waals surface area contributed by atoms with Crippen molar-refractivity contribution in [2.24, 2.45) is 0 Å². The number of hydrogen-bond acceptors (Lipinski definition) is 2. The zero-order valence-corrected chi connectivity index (χ0v) is 5.87. The molecule has 2 heteroatoms. The van der Waals surface area contributed by atoms with Crippen molar-refractivity contribution in [1.29, 1.82) is 0 Å². The molecule has 0 unspecified atom stereocenters. The van der Waals surface area contributed by atoms with Crippen molar-refractivity contribution in [1.82, 2.24) is 4.98 Å². The van der Waals surface area contributed by atoms with E-state index in [1.54, 1.807) is 12.4 Å². The monoisotopic (exact) mass is 135 g/mol. The highest BCUT2D eigenvalue weighted by atomic mass is 16.5. The summed E-state index contributed by atoms with van der Waals surface area (Å²) in [6, 6.07) is 1.90. The molecule has 0 amide bonds. The van der Waals surface area contributed by atoms with Gasteiger partial charge in [-0.25, -0.2) is 0 Å². The van der Waals surface area contributed by atoms with Crippen LogP contribution in [0.4, 0.5) is 0 Å². The molecule has 1 heterocycles. The number of hydrogen-bond donors (Lipinski definition) is 0. The molecule has 1 aromatic rings. The van der Waals surface area contributed by atoms with E-state index in [0.717, 1.165) is 11.3 Å². The van der Waals surface area contributed by atoms with Gasteiger partial charge in [-0.3, -0.25) is 4.98 Å². The first-order valence-corrected chi connectivity index (χ1v) is 3.02. The largest absolute Gasteiger partial charge is 0.464 e. The van der Waals surface area contributed by atoms with Crippen LogP contribution in [-0.2, 0) is 0 Å². The summed E-state index contributed by atoms with van der Waals surface area (Å²) < 4.78 is 4.99. The van der Waals surface area contributed by atoms with Crippen LogP contribution in [0.2, 0.25) is 0 Å². The third-order valence-corrected chi connectivity index (χ3v) is 1.07. The predicted molar refractivity (Wildman–Crippen MR) is 39.8 cm³/mol. The molecule has 52 valence electrons. The van der Waals surface area contributed by atoms with Gasteiger partial charge in [-0.05, 0) is 18.6 Å². The molecule has 2 nitrogen and oxygen atoms in total. The Morgan fingerprint density at radius 2 is 2.40 bits per heavy atom. The zero-order chi connectivity index (χ0) is 7.40. The molecular weight excluding hydrogens is 126 g/mol. The van der Waals surface area contributed by atoms with Crippen LogP contribution in [-0.4, -0.2) is 4.98 Å². The lowest BCUT2D eigenvalue weighted by atomic mass is 10.3. The van der Waals surface area contributed by atoms with Gasteiger partial charge in [-0.2, -0.15) is 0 Å². The van der Waals surface area contributed by atoms with Crippen LogP contribution in [0.5, 0.6) is 5.75 Å². The first-order chi connectivity index (χ1) is 4.83. The molecule has 0 aromatic carbocycles. The standard InChI is InChI=1S/C8H9NO/c1-3-10-8-4-7(2)5-9-6-8/h3-6H,1H2,2H3. The Bertz CT molecular complexity index is 232. The fraction of sp³-hybridized carbons (Fsp3) is 0.125. The van der Waals surface area contributed by atoms with Gasteiger partial charge in [0, 0.05) is 6.20 Å². The van der Waals surface area contributed by atoms with Crippen molar-refractivity contribution in [3.05, 3.63) is 36.9 Å². The maximum Gasteiger partial charge on any atom is 0.145 e. The lowest BCUT2D eigenvalue weighted by molar-refractivity contribution is 0.480. The van der Waals surface area contributed by atoms with Gasteiger partial charge in [-0.15, -0.1) is 0 Å². The highest BCUT2D eigenvalue weighted by Gasteiger charge is 1.89. The molecule has 0 bridgehead atoms. The number of rotatable bonds is 2. The van der Waals surface area contributed by atoms with Gasteiger partial charge in [0.25, 0.3) is 0 Å². The molecule has 0 saturated carbocycles. The van der Waals surface area contributed by atoms with Crippen LogP contribution in [0, 0.1) is 6.92 Å². The average molecular weight is 135 g/mol. The smallest absolute Gasteiger partial charge is 0.145 e. The van der Waals surface area contributed by atoms with Crippen molar-refractivity contribution in [2.75, 3.05) is 0 Å². The molecular formula is C8H9NO. The van der Waals surface area contributed by atoms with E-state index < -0.39 is 0 Å². The number of aryl methyl sites for hydroxylation is 1. The van der Waals surface area contributed by atoms with E-state index in [1.165, 1.54) is 6.26 Å². The van der Waals surface area contributed by atoms with Crippen LogP contribution < -0.4 is 4.74 Å². The van der Waals surface area contributed by atoms with E-state index >= 15 is 0 Å². The predicted octanol–water partition coefficient (Wildman–Crippen LogP) is 1.91. The molecule has 0 radical (unpaired) electrons. The fourth-order valence-corrected chi connectivity index (χ4v) is 0.688. The molecule has 0 fully saturated rings. The van der Waals surface area contributed by atoms with E-state index in [-0.39, 0.29) is 0 Å². The molecule has 0 saturated heterocycles. The van der Waals surface area contributed by atoms with Crippen LogP contribution in [0.3, 0.4) is 0 Å². The van der Waals surface area contributed by atoms with Gasteiger partial charge < -0.3 is 4.74 Å². The summed E-state index contributed by atoms with van der Waals surface area (Å²) in [5.74, 6) is 0.731. The molecule has 0 aliphatic heterocycles. The Labute approximate surface area is 60.2 Å². The second-order valence-electron chi connectivity index (χ2n) is 1.98. The molecule has 1 rings (SSSR count). The third kappa shape index (κ3) is 1.58. The molecule has 0 spiro atoms. The topological polar surface area (TPSA) is 22.1 Å². The Morgan fingerprint density at radius 1 is 1.60 bits per heavy atom. The minimum absolute atomic E-state index is 0.731. The number of ether oxygens (including phenoxy) is 1. The van der Waals surface area contributed by atoms with E-state index in [2.05, 4.69) is 11.6 Å². The quantitative estimate of drug-likeness (QED) is 0.578. The van der Waals surface area contributed by atoms with Gasteiger partial charge in [0.05, 0.1) is 12.5 Å². The van der Waals surface area contributed by atoms with E-state index in [1.807, 2.05) is 13.0 Å². The first-order valence-electron chi connectivity index (χ1n) is 3.02. The van der Waals surface area contributed by atoms with Crippen molar-refractivity contribution in [2.45, 2.75) is 6.92 Å².